The van der Waals surface area contributed by atoms with Crippen molar-refractivity contribution in [3.05, 3.63) is 28.8 Å². The number of methoxy groups -OCH3 is 1. The summed E-state index contributed by atoms with van der Waals surface area (Å²) in [6, 6.07) is 3.90. The minimum Gasteiger partial charge on any atom is -0.496 e. The van der Waals surface area contributed by atoms with E-state index in [9.17, 15) is 4.79 Å². The molecule has 0 aliphatic carbocycles. The topological polar surface area (TPSA) is 26.3 Å². The standard InChI is InChI=1S/C11H14O2/c1-4-9-5-8(2)6-11(13-3)10(9)7-12/h5-7H,4H2,1-3H3. The summed E-state index contributed by atoms with van der Waals surface area (Å²) in [5, 5.41) is 0. The van der Waals surface area contributed by atoms with Gasteiger partial charge in [0.05, 0.1) is 12.7 Å². The average molecular weight is 178 g/mol. The average Bonchev–Trinajstić information content (AvgIpc) is 2.16. The van der Waals surface area contributed by atoms with Gasteiger partial charge in [-0.15, -0.1) is 0 Å². The van der Waals surface area contributed by atoms with E-state index >= 15 is 0 Å². The number of rotatable bonds is 3. The lowest BCUT2D eigenvalue weighted by atomic mass is 10.0. The number of hydrogen-bond donors (Lipinski definition) is 0. The van der Waals surface area contributed by atoms with E-state index in [0.717, 1.165) is 23.8 Å². The van der Waals surface area contributed by atoms with Crippen molar-refractivity contribution in [1.82, 2.24) is 0 Å². The molecule has 0 heterocycles. The van der Waals surface area contributed by atoms with Crippen molar-refractivity contribution < 1.29 is 9.53 Å². The van der Waals surface area contributed by atoms with Crippen LogP contribution in [0.3, 0.4) is 0 Å². The van der Waals surface area contributed by atoms with E-state index in [0.29, 0.717) is 11.3 Å². The molecule has 0 bridgehead atoms. The summed E-state index contributed by atoms with van der Waals surface area (Å²) in [7, 11) is 1.58. The lowest BCUT2D eigenvalue weighted by Crippen LogP contribution is -1.97. The minimum absolute atomic E-state index is 0.673. The molecule has 0 aromatic heterocycles. The number of aryl methyl sites for hydroxylation is 2. The molecular formula is C11H14O2. The molecule has 1 aromatic carbocycles. The monoisotopic (exact) mass is 178 g/mol. The van der Waals surface area contributed by atoms with Crippen molar-refractivity contribution >= 4 is 6.29 Å². The van der Waals surface area contributed by atoms with Crippen molar-refractivity contribution in [2.45, 2.75) is 20.3 Å². The van der Waals surface area contributed by atoms with Gasteiger partial charge in [-0.2, -0.15) is 0 Å². The molecule has 0 saturated heterocycles. The molecule has 0 saturated carbocycles. The number of benzene rings is 1. The smallest absolute Gasteiger partial charge is 0.154 e. The highest BCUT2D eigenvalue weighted by Gasteiger charge is 2.07. The highest BCUT2D eigenvalue weighted by molar-refractivity contribution is 5.82. The Kier molecular flexibility index (Phi) is 3.07. The van der Waals surface area contributed by atoms with Crippen LogP contribution in [0.15, 0.2) is 12.1 Å². The Labute approximate surface area is 78.5 Å². The second-order valence-corrected chi connectivity index (χ2v) is 3.01. The first-order chi connectivity index (χ1) is 6.22. The maximum Gasteiger partial charge on any atom is 0.154 e. The van der Waals surface area contributed by atoms with Crippen LogP contribution in [0.2, 0.25) is 0 Å². The zero-order valence-electron chi connectivity index (χ0n) is 8.26. The van der Waals surface area contributed by atoms with Crippen LogP contribution in [0.5, 0.6) is 5.75 Å². The van der Waals surface area contributed by atoms with Gasteiger partial charge in [0.25, 0.3) is 0 Å². The van der Waals surface area contributed by atoms with E-state index in [-0.39, 0.29) is 0 Å². The lowest BCUT2D eigenvalue weighted by Gasteiger charge is -2.09. The molecule has 70 valence electrons. The molecule has 0 spiro atoms. The van der Waals surface area contributed by atoms with Crippen LogP contribution in [0, 0.1) is 6.92 Å². The predicted octanol–water partition coefficient (Wildman–Crippen LogP) is 2.38. The van der Waals surface area contributed by atoms with E-state index < -0.39 is 0 Å². The van der Waals surface area contributed by atoms with Crippen molar-refractivity contribution in [2.75, 3.05) is 7.11 Å². The summed E-state index contributed by atoms with van der Waals surface area (Å²) in [5.74, 6) is 0.673. The Hall–Kier alpha value is -1.31. The first kappa shape index (κ1) is 9.78. The zero-order valence-corrected chi connectivity index (χ0v) is 8.26. The van der Waals surface area contributed by atoms with Gasteiger partial charge < -0.3 is 4.74 Å². The zero-order chi connectivity index (χ0) is 9.84. The highest BCUT2D eigenvalue weighted by Crippen LogP contribution is 2.23. The van der Waals surface area contributed by atoms with Crippen LogP contribution < -0.4 is 4.74 Å². The number of carbonyl (C=O) groups excluding carboxylic acids is 1. The molecule has 2 heteroatoms. The molecule has 2 nitrogen and oxygen atoms in total. The van der Waals surface area contributed by atoms with Gasteiger partial charge in [-0.3, -0.25) is 4.79 Å². The third-order valence-electron chi connectivity index (χ3n) is 2.09. The third-order valence-corrected chi connectivity index (χ3v) is 2.09. The summed E-state index contributed by atoms with van der Waals surface area (Å²) in [4.78, 5) is 10.8. The molecule has 13 heavy (non-hydrogen) atoms. The van der Waals surface area contributed by atoms with Crippen LogP contribution in [-0.2, 0) is 6.42 Å². The molecule has 0 radical (unpaired) electrons. The fraction of sp³-hybridized carbons (Fsp3) is 0.364. The molecule has 1 rings (SSSR count). The fourth-order valence-corrected chi connectivity index (χ4v) is 1.43. The molecule has 0 aliphatic heterocycles. The van der Waals surface area contributed by atoms with Crippen LogP contribution in [0.1, 0.15) is 28.4 Å². The van der Waals surface area contributed by atoms with Crippen molar-refractivity contribution in [3.8, 4) is 5.75 Å². The van der Waals surface area contributed by atoms with Gasteiger partial charge in [-0.05, 0) is 30.5 Å². The number of carbonyl (C=O) groups is 1. The second-order valence-electron chi connectivity index (χ2n) is 3.01. The first-order valence-corrected chi connectivity index (χ1v) is 4.35. The number of hydrogen-bond acceptors (Lipinski definition) is 2. The van der Waals surface area contributed by atoms with Gasteiger partial charge in [0, 0.05) is 0 Å². The van der Waals surface area contributed by atoms with Gasteiger partial charge in [0.1, 0.15) is 5.75 Å². The first-order valence-electron chi connectivity index (χ1n) is 4.35. The van der Waals surface area contributed by atoms with Gasteiger partial charge >= 0.3 is 0 Å². The Balaban J connectivity index is 3.33. The van der Waals surface area contributed by atoms with Crippen LogP contribution >= 0.6 is 0 Å². The normalized spacial score (nSPS) is 9.77. The van der Waals surface area contributed by atoms with Crippen molar-refractivity contribution in [1.29, 1.82) is 0 Å². The Morgan fingerprint density at radius 2 is 2.15 bits per heavy atom. The fourth-order valence-electron chi connectivity index (χ4n) is 1.43. The van der Waals surface area contributed by atoms with E-state index in [2.05, 4.69) is 0 Å². The van der Waals surface area contributed by atoms with Crippen LogP contribution in [-0.4, -0.2) is 13.4 Å². The van der Waals surface area contributed by atoms with Gasteiger partial charge in [-0.1, -0.05) is 13.0 Å². The van der Waals surface area contributed by atoms with E-state index in [1.54, 1.807) is 7.11 Å². The van der Waals surface area contributed by atoms with Gasteiger partial charge in [0.2, 0.25) is 0 Å². The van der Waals surface area contributed by atoms with Gasteiger partial charge in [-0.25, -0.2) is 0 Å². The maximum atomic E-state index is 10.8. The highest BCUT2D eigenvalue weighted by atomic mass is 16.5. The minimum atomic E-state index is 0.673. The SMILES string of the molecule is CCc1cc(C)cc(OC)c1C=O. The maximum absolute atomic E-state index is 10.8. The molecule has 0 atom stereocenters. The number of aldehydes is 1. The van der Waals surface area contributed by atoms with E-state index in [1.807, 2.05) is 26.0 Å². The molecule has 0 aliphatic rings. The summed E-state index contributed by atoms with van der Waals surface area (Å²) in [6.07, 6.45) is 1.71. The summed E-state index contributed by atoms with van der Waals surface area (Å²) >= 11 is 0. The summed E-state index contributed by atoms with van der Waals surface area (Å²) in [6.45, 7) is 4.03. The van der Waals surface area contributed by atoms with Crippen molar-refractivity contribution in [3.63, 3.8) is 0 Å². The van der Waals surface area contributed by atoms with Crippen molar-refractivity contribution in [2.24, 2.45) is 0 Å². The molecule has 1 aromatic rings. The van der Waals surface area contributed by atoms with Gasteiger partial charge in [0.15, 0.2) is 6.29 Å². The summed E-state index contributed by atoms with van der Waals surface area (Å²) in [5.41, 5.74) is 2.85. The Morgan fingerprint density at radius 3 is 2.62 bits per heavy atom. The van der Waals surface area contributed by atoms with E-state index in [1.165, 1.54) is 0 Å². The molecule has 0 amide bonds. The molecule has 0 unspecified atom stereocenters. The molecule has 0 fully saturated rings. The third kappa shape index (κ3) is 1.89. The molecular weight excluding hydrogens is 164 g/mol. The van der Waals surface area contributed by atoms with E-state index in [4.69, 9.17) is 4.74 Å². The Bertz CT molecular complexity index is 291. The second kappa shape index (κ2) is 4.08. The molecule has 0 N–H and O–H groups in total. The predicted molar refractivity (Wildman–Crippen MR) is 52.5 cm³/mol. The Morgan fingerprint density at radius 1 is 1.46 bits per heavy atom. The van der Waals surface area contributed by atoms with Crippen LogP contribution in [0.4, 0.5) is 0 Å². The largest absolute Gasteiger partial charge is 0.496 e. The quantitative estimate of drug-likeness (QED) is 0.664. The summed E-state index contributed by atoms with van der Waals surface area (Å²) < 4.78 is 5.13. The van der Waals surface area contributed by atoms with Crippen LogP contribution in [0.25, 0.3) is 0 Å². The lowest BCUT2D eigenvalue weighted by molar-refractivity contribution is 0.111. The number of ether oxygens (including phenoxy) is 1.